The van der Waals surface area contributed by atoms with Crippen LogP contribution >= 0.6 is 0 Å². The number of carbonyl (C=O) groups is 1. The molecule has 0 aromatic heterocycles. The van der Waals surface area contributed by atoms with Crippen molar-refractivity contribution in [3.8, 4) is 11.5 Å². The molecular weight excluding hydrogens is 316 g/mol. The predicted molar refractivity (Wildman–Crippen MR) is 99.3 cm³/mol. The van der Waals surface area contributed by atoms with Gasteiger partial charge in [-0.2, -0.15) is 0 Å². The molecule has 2 N–H and O–H groups in total. The summed E-state index contributed by atoms with van der Waals surface area (Å²) >= 11 is 0. The monoisotopic (exact) mass is 342 g/mol. The Morgan fingerprint density at radius 1 is 1.00 bits per heavy atom. The minimum Gasteiger partial charge on any atom is -0.493 e. The fraction of sp³-hybridized carbons (Fsp3) is 0.350. The first-order valence-electron chi connectivity index (χ1n) is 8.28. The van der Waals surface area contributed by atoms with Crippen molar-refractivity contribution in [3.63, 3.8) is 0 Å². The molecule has 5 heteroatoms. The van der Waals surface area contributed by atoms with Crippen LogP contribution in [0.4, 0.5) is 4.79 Å². The van der Waals surface area contributed by atoms with E-state index in [1.165, 1.54) is 0 Å². The highest BCUT2D eigenvalue weighted by Gasteiger charge is 2.22. The second kappa shape index (κ2) is 8.42. The Balaban J connectivity index is 1.86. The molecule has 2 aromatic carbocycles. The molecular formula is C20H26N2O3. The molecule has 134 valence electrons. The van der Waals surface area contributed by atoms with Gasteiger partial charge in [-0.15, -0.1) is 0 Å². The van der Waals surface area contributed by atoms with E-state index in [-0.39, 0.29) is 6.03 Å². The number of hydrogen-bond donors (Lipinski definition) is 2. The Kier molecular flexibility index (Phi) is 6.28. The van der Waals surface area contributed by atoms with Gasteiger partial charge >= 0.3 is 6.03 Å². The maximum absolute atomic E-state index is 12.2. The quantitative estimate of drug-likeness (QED) is 0.810. The summed E-state index contributed by atoms with van der Waals surface area (Å²) in [5.41, 5.74) is 1.69. The van der Waals surface area contributed by atoms with E-state index in [1.54, 1.807) is 14.2 Å². The van der Waals surface area contributed by atoms with Crippen LogP contribution in [0.3, 0.4) is 0 Å². The number of amides is 2. The zero-order valence-corrected chi connectivity index (χ0v) is 15.3. The average Bonchev–Trinajstić information content (AvgIpc) is 2.62. The van der Waals surface area contributed by atoms with Crippen molar-refractivity contribution < 1.29 is 14.3 Å². The van der Waals surface area contributed by atoms with Gasteiger partial charge in [0.1, 0.15) is 0 Å². The highest BCUT2D eigenvalue weighted by Crippen LogP contribution is 2.27. The van der Waals surface area contributed by atoms with Crippen LogP contribution < -0.4 is 20.1 Å². The number of rotatable bonds is 7. The molecule has 0 heterocycles. The standard InChI is InChI=1S/C20H26N2O3/c1-20(2,16-8-6-5-7-9-16)22-19(23)21-13-12-15-10-11-17(24-3)18(14-15)25-4/h5-11,14H,12-13H2,1-4H3,(H2,21,22,23). The molecule has 0 atom stereocenters. The van der Waals surface area contributed by atoms with Crippen LogP contribution in [-0.2, 0) is 12.0 Å². The fourth-order valence-electron chi connectivity index (χ4n) is 2.61. The van der Waals surface area contributed by atoms with Crippen molar-refractivity contribution in [2.24, 2.45) is 0 Å². The summed E-state index contributed by atoms with van der Waals surface area (Å²) in [4.78, 5) is 12.2. The third kappa shape index (κ3) is 5.14. The van der Waals surface area contributed by atoms with E-state index in [4.69, 9.17) is 9.47 Å². The van der Waals surface area contributed by atoms with Gasteiger partial charge in [0, 0.05) is 6.54 Å². The fourth-order valence-corrected chi connectivity index (χ4v) is 2.61. The van der Waals surface area contributed by atoms with Crippen LogP contribution in [0, 0.1) is 0 Å². The van der Waals surface area contributed by atoms with E-state index in [2.05, 4.69) is 10.6 Å². The van der Waals surface area contributed by atoms with Crippen LogP contribution in [-0.4, -0.2) is 26.8 Å². The normalized spacial score (nSPS) is 10.9. The van der Waals surface area contributed by atoms with E-state index in [0.29, 0.717) is 24.5 Å². The summed E-state index contributed by atoms with van der Waals surface area (Å²) in [6.45, 7) is 4.50. The van der Waals surface area contributed by atoms with Crippen molar-refractivity contribution in [3.05, 3.63) is 59.7 Å². The second-order valence-electron chi connectivity index (χ2n) is 6.31. The van der Waals surface area contributed by atoms with E-state index < -0.39 is 5.54 Å². The summed E-state index contributed by atoms with van der Waals surface area (Å²) in [5.74, 6) is 1.39. The number of urea groups is 1. The lowest BCUT2D eigenvalue weighted by atomic mass is 9.95. The summed E-state index contributed by atoms with van der Waals surface area (Å²) < 4.78 is 10.5. The van der Waals surface area contributed by atoms with E-state index in [0.717, 1.165) is 11.1 Å². The maximum Gasteiger partial charge on any atom is 0.315 e. The number of carbonyl (C=O) groups excluding carboxylic acids is 1. The van der Waals surface area contributed by atoms with Crippen LogP contribution in [0.1, 0.15) is 25.0 Å². The zero-order valence-electron chi connectivity index (χ0n) is 15.3. The number of hydrogen-bond acceptors (Lipinski definition) is 3. The highest BCUT2D eigenvalue weighted by atomic mass is 16.5. The molecule has 0 aliphatic carbocycles. The lowest BCUT2D eigenvalue weighted by Gasteiger charge is -2.27. The van der Waals surface area contributed by atoms with Gasteiger partial charge in [0.2, 0.25) is 0 Å². The van der Waals surface area contributed by atoms with Gasteiger partial charge in [0.05, 0.1) is 19.8 Å². The molecule has 25 heavy (non-hydrogen) atoms. The molecule has 0 fully saturated rings. The van der Waals surface area contributed by atoms with Crippen molar-refractivity contribution >= 4 is 6.03 Å². The Bertz CT molecular complexity index is 699. The van der Waals surface area contributed by atoms with Gasteiger partial charge in [-0.25, -0.2) is 4.79 Å². The number of nitrogens with one attached hydrogen (secondary N) is 2. The average molecular weight is 342 g/mol. The van der Waals surface area contributed by atoms with E-state index >= 15 is 0 Å². The minimum absolute atomic E-state index is 0.186. The summed E-state index contributed by atoms with van der Waals surface area (Å²) in [5, 5.41) is 5.91. The first-order chi connectivity index (χ1) is 12.0. The molecule has 2 aromatic rings. The molecule has 0 bridgehead atoms. The minimum atomic E-state index is -0.436. The first-order valence-corrected chi connectivity index (χ1v) is 8.28. The van der Waals surface area contributed by atoms with Crippen LogP contribution in [0.2, 0.25) is 0 Å². The van der Waals surface area contributed by atoms with Crippen molar-refractivity contribution in [2.75, 3.05) is 20.8 Å². The highest BCUT2D eigenvalue weighted by molar-refractivity contribution is 5.75. The smallest absolute Gasteiger partial charge is 0.315 e. The molecule has 0 aliphatic rings. The summed E-state index contributed by atoms with van der Waals surface area (Å²) in [7, 11) is 3.22. The van der Waals surface area contributed by atoms with Gasteiger partial charge in [-0.3, -0.25) is 0 Å². The molecule has 0 radical (unpaired) electrons. The van der Waals surface area contributed by atoms with E-state index in [9.17, 15) is 4.79 Å². The first kappa shape index (κ1) is 18.6. The Hall–Kier alpha value is -2.69. The van der Waals surface area contributed by atoms with Crippen molar-refractivity contribution in [2.45, 2.75) is 25.8 Å². The van der Waals surface area contributed by atoms with Crippen molar-refractivity contribution in [1.82, 2.24) is 10.6 Å². The zero-order chi connectivity index (χ0) is 18.3. The number of ether oxygens (including phenoxy) is 2. The van der Waals surface area contributed by atoms with Gasteiger partial charge in [0.15, 0.2) is 11.5 Å². The van der Waals surface area contributed by atoms with Gasteiger partial charge in [0.25, 0.3) is 0 Å². The van der Waals surface area contributed by atoms with Crippen LogP contribution in [0.25, 0.3) is 0 Å². The molecule has 2 amide bonds. The Labute approximate surface area is 149 Å². The topological polar surface area (TPSA) is 59.6 Å². The molecule has 0 saturated carbocycles. The SMILES string of the molecule is COc1ccc(CCNC(=O)NC(C)(C)c2ccccc2)cc1OC. The molecule has 2 rings (SSSR count). The molecule has 5 nitrogen and oxygen atoms in total. The number of benzene rings is 2. The summed E-state index contributed by atoms with van der Waals surface area (Å²) in [6, 6.07) is 15.5. The van der Waals surface area contributed by atoms with Gasteiger partial charge < -0.3 is 20.1 Å². The molecule has 0 aliphatic heterocycles. The lowest BCUT2D eigenvalue weighted by molar-refractivity contribution is 0.230. The van der Waals surface area contributed by atoms with E-state index in [1.807, 2.05) is 62.4 Å². The second-order valence-corrected chi connectivity index (χ2v) is 6.31. The third-order valence-electron chi connectivity index (χ3n) is 4.07. The maximum atomic E-state index is 12.2. The third-order valence-corrected chi connectivity index (χ3v) is 4.07. The largest absolute Gasteiger partial charge is 0.493 e. The van der Waals surface area contributed by atoms with Crippen LogP contribution in [0.5, 0.6) is 11.5 Å². The predicted octanol–water partition coefficient (Wildman–Crippen LogP) is 3.48. The summed E-state index contributed by atoms with van der Waals surface area (Å²) in [6.07, 6.45) is 0.708. The molecule has 0 saturated heterocycles. The Morgan fingerprint density at radius 2 is 1.68 bits per heavy atom. The molecule has 0 spiro atoms. The van der Waals surface area contributed by atoms with Crippen LogP contribution in [0.15, 0.2) is 48.5 Å². The van der Waals surface area contributed by atoms with Gasteiger partial charge in [-0.1, -0.05) is 36.4 Å². The molecule has 0 unspecified atom stereocenters. The van der Waals surface area contributed by atoms with Crippen molar-refractivity contribution in [1.29, 1.82) is 0 Å². The number of methoxy groups -OCH3 is 2. The Morgan fingerprint density at radius 3 is 2.32 bits per heavy atom. The lowest BCUT2D eigenvalue weighted by Crippen LogP contribution is -2.46. The van der Waals surface area contributed by atoms with Gasteiger partial charge in [-0.05, 0) is 43.5 Å².